The zero-order valence-corrected chi connectivity index (χ0v) is 16.5. The third-order valence-electron chi connectivity index (χ3n) is 4.51. The molecule has 0 atom stereocenters. The summed E-state index contributed by atoms with van der Waals surface area (Å²) in [5.41, 5.74) is 0.386. The molecule has 0 aliphatic heterocycles. The van der Waals surface area contributed by atoms with E-state index >= 15 is 0 Å². The summed E-state index contributed by atoms with van der Waals surface area (Å²) in [6, 6.07) is 5.87. The van der Waals surface area contributed by atoms with Gasteiger partial charge in [0.05, 0.1) is 17.5 Å². The number of rotatable bonds is 6. The van der Waals surface area contributed by atoms with Crippen LogP contribution in [0, 0.1) is 12.7 Å². The maximum Gasteiger partial charge on any atom is 0.264 e. The first-order valence-corrected chi connectivity index (χ1v) is 10.5. The lowest BCUT2D eigenvalue weighted by Crippen LogP contribution is -2.26. The van der Waals surface area contributed by atoms with E-state index in [4.69, 9.17) is 0 Å². The standard InChI is InChI=1S/C18H17FN6O4S/c1-10-13(9-20-25(10)16-6-7-17(26)23-22-16)18(27)21-12-4-5-14(19)15(8-12)30(28,29)24-11-2-3-11/h4-9,11,24H,2-3H2,1H3,(H,21,27)(H,23,26). The van der Waals surface area contributed by atoms with Crippen molar-refractivity contribution in [2.45, 2.75) is 30.7 Å². The Kier molecular flexibility index (Phi) is 4.95. The monoisotopic (exact) mass is 432 g/mol. The number of nitrogens with zero attached hydrogens (tertiary/aromatic N) is 3. The normalized spacial score (nSPS) is 13.9. The van der Waals surface area contributed by atoms with Gasteiger partial charge in [0, 0.05) is 17.8 Å². The maximum absolute atomic E-state index is 14.1. The first-order valence-electron chi connectivity index (χ1n) is 8.98. The van der Waals surface area contributed by atoms with Crippen LogP contribution < -0.4 is 15.6 Å². The first-order chi connectivity index (χ1) is 14.2. The third kappa shape index (κ3) is 4.00. The first kappa shape index (κ1) is 19.9. The van der Waals surface area contributed by atoms with Gasteiger partial charge in [-0.25, -0.2) is 27.3 Å². The van der Waals surface area contributed by atoms with Crippen molar-refractivity contribution in [2.75, 3.05) is 5.32 Å². The fraction of sp³-hybridized carbons (Fsp3) is 0.222. The molecular weight excluding hydrogens is 415 g/mol. The Balaban J connectivity index is 1.58. The van der Waals surface area contributed by atoms with Crippen LogP contribution in [0.25, 0.3) is 5.82 Å². The molecule has 1 fully saturated rings. The highest BCUT2D eigenvalue weighted by Crippen LogP contribution is 2.25. The van der Waals surface area contributed by atoms with Gasteiger partial charge in [0.25, 0.3) is 11.5 Å². The minimum atomic E-state index is -4.02. The molecule has 10 nitrogen and oxygen atoms in total. The van der Waals surface area contributed by atoms with Crippen molar-refractivity contribution in [3.63, 3.8) is 0 Å². The molecule has 1 amide bonds. The van der Waals surface area contributed by atoms with Gasteiger partial charge in [0.2, 0.25) is 10.0 Å². The number of aromatic amines is 1. The van der Waals surface area contributed by atoms with E-state index in [1.54, 1.807) is 6.92 Å². The van der Waals surface area contributed by atoms with Crippen molar-refractivity contribution in [3.8, 4) is 5.82 Å². The molecule has 156 valence electrons. The molecule has 1 aliphatic rings. The second-order valence-corrected chi connectivity index (χ2v) is 8.51. The van der Waals surface area contributed by atoms with E-state index < -0.39 is 26.6 Å². The van der Waals surface area contributed by atoms with Crippen molar-refractivity contribution < 1.29 is 17.6 Å². The summed E-state index contributed by atoms with van der Waals surface area (Å²) < 4.78 is 42.6. The molecule has 12 heteroatoms. The number of nitrogens with one attached hydrogen (secondary N) is 3. The van der Waals surface area contributed by atoms with Crippen LogP contribution in [0.15, 0.2) is 46.2 Å². The molecule has 1 aromatic carbocycles. The van der Waals surface area contributed by atoms with Gasteiger partial charge in [0.1, 0.15) is 10.7 Å². The number of carbonyl (C=O) groups excluding carboxylic acids is 1. The van der Waals surface area contributed by atoms with Gasteiger partial charge < -0.3 is 5.32 Å². The Bertz CT molecular complexity index is 1280. The van der Waals surface area contributed by atoms with E-state index in [1.165, 1.54) is 29.1 Å². The average Bonchev–Trinajstić information content (AvgIpc) is 3.42. The zero-order chi connectivity index (χ0) is 21.5. The van der Waals surface area contributed by atoms with Gasteiger partial charge >= 0.3 is 0 Å². The van der Waals surface area contributed by atoms with Crippen LogP contribution in [-0.4, -0.2) is 40.3 Å². The maximum atomic E-state index is 14.1. The number of hydrogen-bond acceptors (Lipinski definition) is 6. The third-order valence-corrected chi connectivity index (χ3v) is 6.05. The number of H-pyrrole nitrogens is 1. The number of aromatic nitrogens is 4. The Morgan fingerprint density at radius 1 is 1.27 bits per heavy atom. The molecular formula is C18H17FN6O4S. The predicted octanol–water partition coefficient (Wildman–Crippen LogP) is 1.10. The lowest BCUT2D eigenvalue weighted by atomic mass is 10.2. The van der Waals surface area contributed by atoms with Gasteiger partial charge in [-0.3, -0.25) is 9.59 Å². The van der Waals surface area contributed by atoms with E-state index in [-0.39, 0.29) is 22.9 Å². The average molecular weight is 432 g/mol. The molecule has 1 saturated carbocycles. The zero-order valence-electron chi connectivity index (χ0n) is 15.7. The topological polar surface area (TPSA) is 139 Å². The molecule has 3 N–H and O–H groups in total. The van der Waals surface area contributed by atoms with Crippen molar-refractivity contribution in [1.29, 1.82) is 0 Å². The summed E-state index contributed by atoms with van der Waals surface area (Å²) in [4.78, 5) is 23.3. The van der Waals surface area contributed by atoms with Crippen LogP contribution in [0.4, 0.5) is 10.1 Å². The van der Waals surface area contributed by atoms with Crippen LogP contribution in [-0.2, 0) is 10.0 Å². The van der Waals surface area contributed by atoms with E-state index in [9.17, 15) is 22.4 Å². The molecule has 0 radical (unpaired) electrons. The minimum absolute atomic E-state index is 0.117. The Morgan fingerprint density at radius 3 is 2.70 bits per heavy atom. The number of anilines is 1. The summed E-state index contributed by atoms with van der Waals surface area (Å²) in [7, 11) is -4.02. The molecule has 2 aromatic heterocycles. The highest BCUT2D eigenvalue weighted by Gasteiger charge is 2.30. The largest absolute Gasteiger partial charge is 0.322 e. The van der Waals surface area contributed by atoms with E-state index in [2.05, 4.69) is 25.3 Å². The summed E-state index contributed by atoms with van der Waals surface area (Å²) in [5.74, 6) is -1.16. The Morgan fingerprint density at radius 2 is 2.03 bits per heavy atom. The van der Waals surface area contributed by atoms with E-state index in [1.807, 2.05) is 0 Å². The van der Waals surface area contributed by atoms with Gasteiger partial charge in [-0.15, -0.1) is 0 Å². The van der Waals surface area contributed by atoms with Crippen molar-refractivity contribution in [3.05, 3.63) is 64.0 Å². The molecule has 30 heavy (non-hydrogen) atoms. The highest BCUT2D eigenvalue weighted by atomic mass is 32.2. The molecule has 3 aromatic rings. The van der Waals surface area contributed by atoms with Crippen molar-refractivity contribution in [2.24, 2.45) is 0 Å². The summed E-state index contributed by atoms with van der Waals surface area (Å²) in [6.07, 6.45) is 2.74. The van der Waals surface area contributed by atoms with Crippen molar-refractivity contribution in [1.82, 2.24) is 24.7 Å². The minimum Gasteiger partial charge on any atom is -0.322 e. The second kappa shape index (κ2) is 7.46. The molecule has 0 unspecified atom stereocenters. The number of amides is 1. The van der Waals surface area contributed by atoms with E-state index in [0.29, 0.717) is 24.4 Å². The van der Waals surface area contributed by atoms with Gasteiger partial charge in [-0.2, -0.15) is 10.2 Å². The predicted molar refractivity (Wildman–Crippen MR) is 104 cm³/mol. The van der Waals surface area contributed by atoms with Gasteiger partial charge in [-0.1, -0.05) is 0 Å². The molecule has 0 saturated heterocycles. The number of hydrogen-bond donors (Lipinski definition) is 3. The van der Waals surface area contributed by atoms with E-state index in [0.717, 1.165) is 12.1 Å². The fourth-order valence-electron chi connectivity index (χ4n) is 2.79. The highest BCUT2D eigenvalue weighted by molar-refractivity contribution is 7.89. The summed E-state index contributed by atoms with van der Waals surface area (Å²) in [6.45, 7) is 1.63. The van der Waals surface area contributed by atoms with Crippen LogP contribution >= 0.6 is 0 Å². The number of benzene rings is 1. The molecule has 1 aliphatic carbocycles. The quantitative estimate of drug-likeness (QED) is 0.533. The summed E-state index contributed by atoms with van der Waals surface area (Å²) in [5, 5.41) is 12.8. The molecule has 0 spiro atoms. The van der Waals surface area contributed by atoms with Gasteiger partial charge in [-0.05, 0) is 44.0 Å². The van der Waals surface area contributed by atoms with Gasteiger partial charge in [0.15, 0.2) is 5.82 Å². The van der Waals surface area contributed by atoms with Crippen molar-refractivity contribution >= 4 is 21.6 Å². The number of sulfonamides is 1. The van der Waals surface area contributed by atoms with Crippen LogP contribution in [0.1, 0.15) is 28.9 Å². The Labute approximate surface area is 170 Å². The Hall–Kier alpha value is -3.38. The summed E-state index contributed by atoms with van der Waals surface area (Å²) >= 11 is 0. The SMILES string of the molecule is Cc1c(C(=O)Nc2ccc(F)c(S(=O)(=O)NC3CC3)c2)cnn1-c1ccc(=O)[nH]n1. The lowest BCUT2D eigenvalue weighted by Gasteiger charge is -2.10. The second-order valence-electron chi connectivity index (χ2n) is 6.83. The molecule has 4 rings (SSSR count). The smallest absolute Gasteiger partial charge is 0.264 e. The van der Waals surface area contributed by atoms with Crippen LogP contribution in [0.5, 0.6) is 0 Å². The van der Waals surface area contributed by atoms with Crippen LogP contribution in [0.2, 0.25) is 0 Å². The molecule has 2 heterocycles. The fourth-order valence-corrected chi connectivity index (χ4v) is 4.20. The number of halogens is 1. The lowest BCUT2D eigenvalue weighted by molar-refractivity contribution is 0.102. The van der Waals surface area contributed by atoms with Crippen LogP contribution in [0.3, 0.4) is 0 Å². The molecule has 0 bridgehead atoms. The number of carbonyl (C=O) groups is 1.